The molecule has 6 rings (SSSR count). The molecule has 38 heavy (non-hydrogen) atoms. The largest absolute Gasteiger partial charge is 0.490 e. The molecule has 2 atom stereocenters. The Bertz CT molecular complexity index is 1410. The lowest BCUT2D eigenvalue weighted by Crippen LogP contribution is -2.52. The highest BCUT2D eigenvalue weighted by Gasteiger charge is 2.29. The fraction of sp³-hybridized carbons (Fsp3) is 0.483. The van der Waals surface area contributed by atoms with Crippen LogP contribution in [0.5, 0.6) is 0 Å². The number of hydrogen-bond acceptors (Lipinski definition) is 8. The van der Waals surface area contributed by atoms with Gasteiger partial charge < -0.3 is 19.9 Å². The highest BCUT2D eigenvalue weighted by Crippen LogP contribution is 2.29. The zero-order valence-electron chi connectivity index (χ0n) is 22.6. The second kappa shape index (κ2) is 10.0. The molecule has 0 saturated carbocycles. The molecule has 3 aliphatic heterocycles. The highest BCUT2D eigenvalue weighted by atomic mass is 16.5. The van der Waals surface area contributed by atoms with Crippen molar-refractivity contribution in [1.82, 2.24) is 24.8 Å². The van der Waals surface area contributed by atoms with E-state index in [-0.39, 0.29) is 17.7 Å². The third-order valence-electron chi connectivity index (χ3n) is 7.97. The number of pyridine rings is 3. The van der Waals surface area contributed by atoms with Crippen molar-refractivity contribution in [3.63, 3.8) is 0 Å². The Kier molecular flexibility index (Phi) is 6.57. The molecule has 3 aromatic rings. The third-order valence-corrected chi connectivity index (χ3v) is 7.97. The number of hydrogen-bond donors (Lipinski definition) is 1. The van der Waals surface area contributed by atoms with Crippen LogP contribution >= 0.6 is 0 Å². The number of aromatic nitrogens is 3. The minimum absolute atomic E-state index is 0.0206. The number of rotatable bonds is 5. The molecule has 0 aliphatic carbocycles. The second-order valence-electron chi connectivity index (χ2n) is 11.0. The van der Waals surface area contributed by atoms with Crippen LogP contribution in [0.15, 0.2) is 53.7 Å². The monoisotopic (exact) mass is 515 g/mol. The molecule has 2 saturated heterocycles. The molecule has 3 aliphatic rings. The highest BCUT2D eigenvalue weighted by molar-refractivity contribution is 5.89. The first-order chi connectivity index (χ1) is 18.4. The van der Waals surface area contributed by atoms with E-state index in [1.807, 2.05) is 26.0 Å². The first kappa shape index (κ1) is 24.9. The maximum absolute atomic E-state index is 13.1. The first-order valence-electron chi connectivity index (χ1n) is 13.7. The summed E-state index contributed by atoms with van der Waals surface area (Å²) in [6.07, 6.45) is 1.73. The molecule has 0 unspecified atom stereocenters. The predicted molar refractivity (Wildman–Crippen MR) is 151 cm³/mol. The van der Waals surface area contributed by atoms with Gasteiger partial charge in [-0.25, -0.2) is 9.97 Å². The normalized spacial score (nSPS) is 22.3. The summed E-state index contributed by atoms with van der Waals surface area (Å²) in [5, 5.41) is 4.45. The molecular formula is C29H37N7O2. The van der Waals surface area contributed by atoms with Gasteiger partial charge in [0.25, 0.3) is 5.56 Å². The Morgan fingerprint density at radius 2 is 1.97 bits per heavy atom. The van der Waals surface area contributed by atoms with Gasteiger partial charge in [-0.1, -0.05) is 12.6 Å². The minimum atomic E-state index is -0.0311. The fourth-order valence-electron chi connectivity index (χ4n) is 6.05. The number of ether oxygens (including phenoxy) is 1. The lowest BCUT2D eigenvalue weighted by atomic mass is 10.1. The zero-order chi connectivity index (χ0) is 26.4. The Morgan fingerprint density at radius 3 is 2.76 bits per heavy atom. The zero-order valence-corrected chi connectivity index (χ0v) is 22.6. The molecule has 1 N–H and O–H groups in total. The molecule has 0 spiro atoms. The standard InChI is InChI=1S/C29H37N7O2/c1-19(2)36-28(37)14-26(24-6-5-9-30-29(24)36)35-16-20(3)38-22(18-35)17-33-10-12-34(13-11-33)27-8-7-23-21(4)31-15-25(23)32-27/h5-9,14,19,21-22,31H,3,10-13,15-18H2,1-2,4H3/t21-,22+/m1/s1. The van der Waals surface area contributed by atoms with Crippen LogP contribution in [0.3, 0.4) is 0 Å². The summed E-state index contributed by atoms with van der Waals surface area (Å²) in [6.45, 7) is 17.1. The van der Waals surface area contributed by atoms with Crippen LogP contribution in [0.4, 0.5) is 11.5 Å². The van der Waals surface area contributed by atoms with E-state index in [0.717, 1.165) is 67.6 Å². The van der Waals surface area contributed by atoms with Crippen LogP contribution in [0, 0.1) is 0 Å². The Hall–Kier alpha value is -3.43. The Morgan fingerprint density at radius 1 is 1.16 bits per heavy atom. The Labute approximate surface area is 223 Å². The van der Waals surface area contributed by atoms with Crippen molar-refractivity contribution in [1.29, 1.82) is 0 Å². The van der Waals surface area contributed by atoms with Gasteiger partial charge in [0, 0.05) is 69.0 Å². The second-order valence-corrected chi connectivity index (χ2v) is 11.0. The molecule has 0 bridgehead atoms. The van der Waals surface area contributed by atoms with Gasteiger partial charge in [-0.3, -0.25) is 14.3 Å². The predicted octanol–water partition coefficient (Wildman–Crippen LogP) is 3.08. The van der Waals surface area contributed by atoms with E-state index in [1.54, 1.807) is 16.8 Å². The van der Waals surface area contributed by atoms with Crippen molar-refractivity contribution in [3.05, 3.63) is 70.5 Å². The number of morpholine rings is 1. The summed E-state index contributed by atoms with van der Waals surface area (Å²) in [4.78, 5) is 29.6. The molecule has 0 amide bonds. The van der Waals surface area contributed by atoms with E-state index in [4.69, 9.17) is 9.72 Å². The van der Waals surface area contributed by atoms with E-state index in [2.05, 4.69) is 50.6 Å². The first-order valence-corrected chi connectivity index (χ1v) is 13.7. The van der Waals surface area contributed by atoms with Gasteiger partial charge in [0.15, 0.2) is 0 Å². The molecule has 200 valence electrons. The summed E-state index contributed by atoms with van der Waals surface area (Å²) in [5.74, 6) is 1.81. The fourth-order valence-corrected chi connectivity index (χ4v) is 6.05. The van der Waals surface area contributed by atoms with Crippen molar-refractivity contribution in [3.8, 4) is 0 Å². The van der Waals surface area contributed by atoms with E-state index >= 15 is 0 Å². The molecule has 0 aromatic carbocycles. The van der Waals surface area contributed by atoms with Crippen molar-refractivity contribution in [2.24, 2.45) is 0 Å². The molecule has 2 fully saturated rings. The number of piperazine rings is 1. The van der Waals surface area contributed by atoms with Gasteiger partial charge in [-0.2, -0.15) is 0 Å². The quantitative estimate of drug-likeness (QED) is 0.556. The summed E-state index contributed by atoms with van der Waals surface area (Å²) >= 11 is 0. The van der Waals surface area contributed by atoms with Crippen LogP contribution in [-0.4, -0.2) is 71.4 Å². The van der Waals surface area contributed by atoms with Crippen molar-refractivity contribution >= 4 is 22.5 Å². The lowest BCUT2D eigenvalue weighted by molar-refractivity contribution is 0.0605. The smallest absolute Gasteiger partial charge is 0.254 e. The van der Waals surface area contributed by atoms with Gasteiger partial charge in [0.05, 0.1) is 24.5 Å². The van der Waals surface area contributed by atoms with Gasteiger partial charge in [-0.05, 0) is 44.5 Å². The summed E-state index contributed by atoms with van der Waals surface area (Å²) < 4.78 is 7.97. The van der Waals surface area contributed by atoms with Crippen molar-refractivity contribution in [2.45, 2.75) is 45.5 Å². The third kappa shape index (κ3) is 4.65. The average Bonchev–Trinajstić information content (AvgIpc) is 3.28. The number of fused-ring (bicyclic) bond motifs is 2. The van der Waals surface area contributed by atoms with Gasteiger partial charge in [-0.15, -0.1) is 0 Å². The summed E-state index contributed by atoms with van der Waals surface area (Å²) in [6, 6.07) is 10.5. The van der Waals surface area contributed by atoms with Gasteiger partial charge in [0.1, 0.15) is 23.3 Å². The van der Waals surface area contributed by atoms with E-state index < -0.39 is 0 Å². The van der Waals surface area contributed by atoms with E-state index in [9.17, 15) is 4.79 Å². The van der Waals surface area contributed by atoms with Crippen LogP contribution in [0.1, 0.15) is 44.1 Å². The molecule has 0 radical (unpaired) electrons. The Balaban J connectivity index is 1.14. The van der Waals surface area contributed by atoms with E-state index in [0.29, 0.717) is 19.1 Å². The number of anilines is 2. The number of nitrogens with zero attached hydrogens (tertiary/aromatic N) is 6. The molecule has 6 heterocycles. The maximum Gasteiger partial charge on any atom is 0.254 e. The lowest BCUT2D eigenvalue weighted by Gasteiger charge is -2.41. The summed E-state index contributed by atoms with van der Waals surface area (Å²) in [7, 11) is 0. The maximum atomic E-state index is 13.1. The molecule has 3 aromatic heterocycles. The van der Waals surface area contributed by atoms with Crippen LogP contribution < -0.4 is 20.7 Å². The molecule has 9 nitrogen and oxygen atoms in total. The SMILES string of the molecule is C=C1CN(c2cc(=O)n(C(C)C)c3ncccc23)C[C@H](CN2CCN(c3ccc4c(n3)CN[C@@H]4C)CC2)O1. The van der Waals surface area contributed by atoms with Crippen LogP contribution in [-0.2, 0) is 11.3 Å². The number of nitrogens with one attached hydrogen (secondary N) is 1. The van der Waals surface area contributed by atoms with Crippen molar-refractivity contribution in [2.75, 3.05) is 55.6 Å². The summed E-state index contributed by atoms with van der Waals surface area (Å²) in [5.41, 5.74) is 4.09. The molecule has 9 heteroatoms. The van der Waals surface area contributed by atoms with Crippen LogP contribution in [0.25, 0.3) is 11.0 Å². The van der Waals surface area contributed by atoms with E-state index in [1.165, 1.54) is 11.3 Å². The topological polar surface area (TPSA) is 78.8 Å². The van der Waals surface area contributed by atoms with Crippen molar-refractivity contribution < 1.29 is 4.74 Å². The van der Waals surface area contributed by atoms with Gasteiger partial charge in [0.2, 0.25) is 0 Å². The van der Waals surface area contributed by atoms with Crippen LogP contribution in [0.2, 0.25) is 0 Å². The van der Waals surface area contributed by atoms with Gasteiger partial charge >= 0.3 is 0 Å². The average molecular weight is 516 g/mol. The minimum Gasteiger partial charge on any atom is -0.490 e. The molecular weight excluding hydrogens is 478 g/mol.